The van der Waals surface area contributed by atoms with E-state index in [2.05, 4.69) is 13.8 Å². The highest BCUT2D eigenvalue weighted by molar-refractivity contribution is 5.97. The zero-order valence-corrected chi connectivity index (χ0v) is 11.5. The van der Waals surface area contributed by atoms with Gasteiger partial charge in [-0.2, -0.15) is 0 Å². The van der Waals surface area contributed by atoms with Crippen molar-refractivity contribution >= 4 is 11.6 Å². The number of hydrogen-bond donors (Lipinski definition) is 1. The molecule has 1 aromatic carbocycles. The SMILES string of the molecule is CC1(C)CC1C(=O)N(CCCN)c1cccc(F)c1. The molecule has 1 unspecified atom stereocenters. The summed E-state index contributed by atoms with van der Waals surface area (Å²) in [6.45, 7) is 5.24. The Morgan fingerprint density at radius 3 is 2.74 bits per heavy atom. The topological polar surface area (TPSA) is 46.3 Å². The first kappa shape index (κ1) is 14.0. The van der Waals surface area contributed by atoms with Gasteiger partial charge in [-0.15, -0.1) is 0 Å². The van der Waals surface area contributed by atoms with Gasteiger partial charge in [-0.05, 0) is 43.0 Å². The van der Waals surface area contributed by atoms with E-state index >= 15 is 0 Å². The zero-order chi connectivity index (χ0) is 14.0. The van der Waals surface area contributed by atoms with E-state index in [1.165, 1.54) is 12.1 Å². The maximum Gasteiger partial charge on any atom is 0.230 e. The molecule has 1 aromatic rings. The van der Waals surface area contributed by atoms with Crippen LogP contribution < -0.4 is 10.6 Å². The van der Waals surface area contributed by atoms with Crippen LogP contribution in [-0.4, -0.2) is 19.0 Å². The number of halogens is 1. The molecule has 0 radical (unpaired) electrons. The van der Waals surface area contributed by atoms with E-state index in [0.717, 1.165) is 12.8 Å². The van der Waals surface area contributed by atoms with Gasteiger partial charge in [0.2, 0.25) is 5.91 Å². The minimum absolute atomic E-state index is 0.0496. The normalized spacial score (nSPS) is 20.1. The number of carbonyl (C=O) groups excluding carboxylic acids is 1. The number of nitrogens with two attached hydrogens (primary N) is 1. The van der Waals surface area contributed by atoms with E-state index in [0.29, 0.717) is 18.8 Å². The van der Waals surface area contributed by atoms with Crippen molar-refractivity contribution in [1.29, 1.82) is 0 Å². The number of carbonyl (C=O) groups is 1. The number of nitrogens with zero attached hydrogens (tertiary/aromatic N) is 1. The fraction of sp³-hybridized carbons (Fsp3) is 0.533. The van der Waals surface area contributed by atoms with Gasteiger partial charge >= 0.3 is 0 Å². The van der Waals surface area contributed by atoms with Gasteiger partial charge in [0, 0.05) is 18.2 Å². The summed E-state index contributed by atoms with van der Waals surface area (Å²) in [5, 5.41) is 0. The van der Waals surface area contributed by atoms with Crippen molar-refractivity contribution < 1.29 is 9.18 Å². The molecule has 1 amide bonds. The van der Waals surface area contributed by atoms with Crippen LogP contribution in [0.15, 0.2) is 24.3 Å². The fourth-order valence-corrected chi connectivity index (χ4v) is 2.34. The predicted molar refractivity (Wildman–Crippen MR) is 74.3 cm³/mol. The molecule has 0 aromatic heterocycles. The summed E-state index contributed by atoms with van der Waals surface area (Å²) >= 11 is 0. The van der Waals surface area contributed by atoms with Gasteiger partial charge in [0.1, 0.15) is 5.82 Å². The summed E-state index contributed by atoms with van der Waals surface area (Å²) in [7, 11) is 0. The van der Waals surface area contributed by atoms with Crippen LogP contribution in [0.25, 0.3) is 0 Å². The van der Waals surface area contributed by atoms with Gasteiger partial charge in [0.25, 0.3) is 0 Å². The third-order valence-corrected chi connectivity index (χ3v) is 3.78. The van der Waals surface area contributed by atoms with Crippen LogP contribution in [0.4, 0.5) is 10.1 Å². The molecular formula is C15H21FN2O. The van der Waals surface area contributed by atoms with Crippen LogP contribution in [0, 0.1) is 17.2 Å². The Kier molecular flexibility index (Phi) is 3.90. The number of benzene rings is 1. The summed E-state index contributed by atoms with van der Waals surface area (Å²) in [6.07, 6.45) is 1.62. The molecule has 2 rings (SSSR count). The van der Waals surface area contributed by atoms with Crippen LogP contribution in [0.2, 0.25) is 0 Å². The molecule has 104 valence electrons. The molecule has 1 atom stereocenters. The van der Waals surface area contributed by atoms with Crippen molar-refractivity contribution in [3.05, 3.63) is 30.1 Å². The molecular weight excluding hydrogens is 243 g/mol. The fourth-order valence-electron chi connectivity index (χ4n) is 2.34. The Morgan fingerprint density at radius 1 is 1.53 bits per heavy atom. The minimum atomic E-state index is -0.321. The molecule has 1 aliphatic rings. The van der Waals surface area contributed by atoms with E-state index in [9.17, 15) is 9.18 Å². The lowest BCUT2D eigenvalue weighted by Gasteiger charge is -2.23. The summed E-state index contributed by atoms with van der Waals surface area (Å²) in [5.74, 6) is -0.185. The lowest BCUT2D eigenvalue weighted by atomic mass is 10.1. The Hall–Kier alpha value is -1.42. The highest BCUT2D eigenvalue weighted by atomic mass is 19.1. The van der Waals surface area contributed by atoms with Gasteiger partial charge in [0.15, 0.2) is 0 Å². The maximum absolute atomic E-state index is 13.3. The van der Waals surface area contributed by atoms with Gasteiger partial charge in [0.05, 0.1) is 0 Å². The molecule has 0 heterocycles. The van der Waals surface area contributed by atoms with Crippen molar-refractivity contribution in [2.75, 3.05) is 18.0 Å². The number of rotatable bonds is 5. The summed E-state index contributed by atoms with van der Waals surface area (Å²) in [6, 6.07) is 6.19. The summed E-state index contributed by atoms with van der Waals surface area (Å²) in [5.41, 5.74) is 6.22. The van der Waals surface area contributed by atoms with Crippen molar-refractivity contribution in [2.45, 2.75) is 26.7 Å². The molecule has 0 spiro atoms. The second-order valence-electron chi connectivity index (χ2n) is 5.86. The van der Waals surface area contributed by atoms with Gasteiger partial charge in [-0.25, -0.2) is 4.39 Å². The molecule has 0 aliphatic heterocycles. The average Bonchev–Trinajstić information content (AvgIpc) is 2.99. The quantitative estimate of drug-likeness (QED) is 0.888. The Balaban J connectivity index is 2.18. The molecule has 19 heavy (non-hydrogen) atoms. The number of anilines is 1. The van der Waals surface area contributed by atoms with E-state index in [1.54, 1.807) is 17.0 Å². The first-order valence-corrected chi connectivity index (χ1v) is 6.73. The van der Waals surface area contributed by atoms with Crippen LogP contribution in [0.5, 0.6) is 0 Å². The van der Waals surface area contributed by atoms with Gasteiger partial charge in [-0.3, -0.25) is 4.79 Å². The zero-order valence-electron chi connectivity index (χ0n) is 11.5. The van der Waals surface area contributed by atoms with Gasteiger partial charge in [-0.1, -0.05) is 19.9 Å². The lowest BCUT2D eigenvalue weighted by molar-refractivity contribution is -0.120. The lowest BCUT2D eigenvalue weighted by Crippen LogP contribution is -2.35. The maximum atomic E-state index is 13.3. The molecule has 4 heteroatoms. The van der Waals surface area contributed by atoms with Crippen molar-refractivity contribution in [3.63, 3.8) is 0 Å². The average molecular weight is 264 g/mol. The van der Waals surface area contributed by atoms with Crippen LogP contribution >= 0.6 is 0 Å². The first-order chi connectivity index (χ1) is 8.95. The summed E-state index contributed by atoms with van der Waals surface area (Å²) < 4.78 is 13.3. The highest BCUT2D eigenvalue weighted by Crippen LogP contribution is 2.52. The smallest absolute Gasteiger partial charge is 0.230 e. The van der Waals surface area contributed by atoms with Crippen molar-refractivity contribution in [3.8, 4) is 0 Å². The second-order valence-corrected chi connectivity index (χ2v) is 5.86. The van der Waals surface area contributed by atoms with Crippen LogP contribution in [0.1, 0.15) is 26.7 Å². The molecule has 2 N–H and O–H groups in total. The molecule has 0 saturated heterocycles. The van der Waals surface area contributed by atoms with Crippen molar-refractivity contribution in [1.82, 2.24) is 0 Å². The number of amides is 1. The molecule has 1 aliphatic carbocycles. The van der Waals surface area contributed by atoms with E-state index in [-0.39, 0.29) is 23.1 Å². The monoisotopic (exact) mass is 264 g/mol. The predicted octanol–water partition coefficient (Wildman–Crippen LogP) is 2.55. The van der Waals surface area contributed by atoms with Crippen LogP contribution in [0.3, 0.4) is 0 Å². The van der Waals surface area contributed by atoms with Crippen molar-refractivity contribution in [2.24, 2.45) is 17.1 Å². The third-order valence-electron chi connectivity index (χ3n) is 3.78. The molecule has 1 fully saturated rings. The molecule has 3 nitrogen and oxygen atoms in total. The highest BCUT2D eigenvalue weighted by Gasteiger charge is 2.52. The Morgan fingerprint density at radius 2 is 2.21 bits per heavy atom. The molecule has 0 bridgehead atoms. The minimum Gasteiger partial charge on any atom is -0.330 e. The van der Waals surface area contributed by atoms with E-state index in [4.69, 9.17) is 5.73 Å². The van der Waals surface area contributed by atoms with E-state index in [1.807, 2.05) is 0 Å². The van der Waals surface area contributed by atoms with Gasteiger partial charge < -0.3 is 10.6 Å². The largest absolute Gasteiger partial charge is 0.330 e. The third kappa shape index (κ3) is 3.13. The summed E-state index contributed by atoms with van der Waals surface area (Å²) in [4.78, 5) is 14.2. The number of hydrogen-bond acceptors (Lipinski definition) is 2. The second kappa shape index (κ2) is 5.29. The first-order valence-electron chi connectivity index (χ1n) is 6.73. The van der Waals surface area contributed by atoms with E-state index < -0.39 is 0 Å². The standard InChI is InChI=1S/C15H21FN2O/c1-15(2)10-13(15)14(19)18(8-4-7-17)12-6-3-5-11(16)9-12/h3,5-6,9,13H,4,7-8,10,17H2,1-2H3. The Bertz CT molecular complexity index is 473. The van der Waals surface area contributed by atoms with Crippen LogP contribution in [-0.2, 0) is 4.79 Å². The Labute approximate surface area is 113 Å². The molecule has 1 saturated carbocycles.